The lowest BCUT2D eigenvalue weighted by atomic mass is 9.92. The summed E-state index contributed by atoms with van der Waals surface area (Å²) in [6, 6.07) is 0. The molecule has 2 aliphatic rings. The molecule has 1 saturated heterocycles. The molecule has 5 atom stereocenters. The molecule has 0 N–H and O–H groups in total. The van der Waals surface area contributed by atoms with Crippen molar-refractivity contribution < 1.29 is 28.5 Å². The van der Waals surface area contributed by atoms with Gasteiger partial charge in [0, 0.05) is 27.4 Å². The van der Waals surface area contributed by atoms with Gasteiger partial charge in [-0.3, -0.25) is 9.59 Å². The van der Waals surface area contributed by atoms with Gasteiger partial charge in [0.05, 0.1) is 6.10 Å². The first-order valence-corrected chi connectivity index (χ1v) is 5.55. The fourth-order valence-corrected chi connectivity index (χ4v) is 2.30. The highest BCUT2D eigenvalue weighted by atomic mass is 16.7. The third-order valence-electron chi connectivity index (χ3n) is 3.00. The molecule has 17 heavy (non-hydrogen) atoms. The fraction of sp³-hybridized carbons (Fsp3) is 0.818. The van der Waals surface area contributed by atoms with Crippen LogP contribution in [0.1, 0.15) is 20.3 Å². The quantitative estimate of drug-likeness (QED) is 0.515. The third kappa shape index (κ3) is 2.58. The van der Waals surface area contributed by atoms with Gasteiger partial charge in [0.2, 0.25) is 0 Å². The number of esters is 2. The molecule has 0 aromatic heterocycles. The molecular weight excluding hydrogens is 228 g/mol. The number of carbonyl (C=O) groups is 2. The van der Waals surface area contributed by atoms with Crippen molar-refractivity contribution in [1.82, 2.24) is 0 Å². The molecule has 1 aliphatic carbocycles. The molecule has 0 bridgehead atoms. The minimum Gasteiger partial charge on any atom is -0.458 e. The zero-order chi connectivity index (χ0) is 12.6. The summed E-state index contributed by atoms with van der Waals surface area (Å²) in [4.78, 5) is 22.0. The first-order chi connectivity index (χ1) is 8.02. The van der Waals surface area contributed by atoms with E-state index in [-0.39, 0.29) is 18.3 Å². The van der Waals surface area contributed by atoms with Gasteiger partial charge in [0.25, 0.3) is 0 Å². The summed E-state index contributed by atoms with van der Waals surface area (Å²) in [7, 11) is 1.58. The summed E-state index contributed by atoms with van der Waals surface area (Å²) < 4.78 is 21.0. The van der Waals surface area contributed by atoms with Crippen molar-refractivity contribution >= 4 is 11.9 Å². The van der Waals surface area contributed by atoms with E-state index in [1.54, 1.807) is 7.11 Å². The standard InChI is InChI=1S/C11H16O6/c1-5(12)15-8-4-7(14-3)9-11(17-9)10(8)16-6(2)13/h7-11H,4H2,1-3H3/t7-,8+,9-,10-,11-/m1/s1. The number of carbonyl (C=O) groups excluding carboxylic acids is 2. The predicted octanol–water partition coefficient (Wildman–Crippen LogP) is 0.0359. The van der Waals surface area contributed by atoms with E-state index >= 15 is 0 Å². The van der Waals surface area contributed by atoms with E-state index in [9.17, 15) is 9.59 Å². The third-order valence-corrected chi connectivity index (χ3v) is 3.00. The van der Waals surface area contributed by atoms with E-state index in [1.807, 2.05) is 0 Å². The summed E-state index contributed by atoms with van der Waals surface area (Å²) >= 11 is 0. The topological polar surface area (TPSA) is 74.4 Å². The number of hydrogen-bond donors (Lipinski definition) is 0. The molecule has 2 rings (SSSR count). The van der Waals surface area contributed by atoms with Crippen LogP contribution in [0.2, 0.25) is 0 Å². The van der Waals surface area contributed by atoms with Gasteiger partial charge in [-0.2, -0.15) is 0 Å². The Morgan fingerprint density at radius 1 is 1.06 bits per heavy atom. The molecule has 0 unspecified atom stereocenters. The lowest BCUT2D eigenvalue weighted by Gasteiger charge is -2.31. The monoisotopic (exact) mass is 244 g/mol. The molecule has 0 aromatic rings. The predicted molar refractivity (Wildman–Crippen MR) is 55.2 cm³/mol. The molecule has 1 aliphatic heterocycles. The van der Waals surface area contributed by atoms with Crippen molar-refractivity contribution in [2.45, 2.75) is 50.8 Å². The Hall–Kier alpha value is -1.14. The van der Waals surface area contributed by atoms with Gasteiger partial charge in [-0.1, -0.05) is 0 Å². The number of fused-ring (bicyclic) bond motifs is 1. The molecule has 6 heteroatoms. The Morgan fingerprint density at radius 2 is 1.71 bits per heavy atom. The van der Waals surface area contributed by atoms with Crippen LogP contribution in [0, 0.1) is 0 Å². The molecule has 6 nitrogen and oxygen atoms in total. The summed E-state index contributed by atoms with van der Waals surface area (Å²) in [6.07, 6.45) is -0.929. The van der Waals surface area contributed by atoms with Gasteiger partial charge in [-0.25, -0.2) is 0 Å². The summed E-state index contributed by atoms with van der Waals surface area (Å²) in [5, 5.41) is 0. The van der Waals surface area contributed by atoms with E-state index in [0.717, 1.165) is 0 Å². The largest absolute Gasteiger partial charge is 0.458 e. The molecule has 0 radical (unpaired) electrons. The number of ether oxygens (including phenoxy) is 4. The lowest BCUT2D eigenvalue weighted by molar-refractivity contribution is -0.171. The SMILES string of the molecule is CO[C@@H]1C[C@H](OC(C)=O)[C@@H](OC(C)=O)[C@@H]2O[C@@H]21. The smallest absolute Gasteiger partial charge is 0.303 e. The van der Waals surface area contributed by atoms with Crippen LogP contribution in [-0.2, 0) is 28.5 Å². The van der Waals surface area contributed by atoms with Crippen LogP contribution in [0.4, 0.5) is 0 Å². The maximum atomic E-state index is 11.0. The first kappa shape index (κ1) is 12.3. The van der Waals surface area contributed by atoms with E-state index in [4.69, 9.17) is 18.9 Å². The van der Waals surface area contributed by atoms with E-state index in [1.165, 1.54) is 13.8 Å². The average Bonchev–Trinajstić information content (AvgIpc) is 2.99. The van der Waals surface area contributed by atoms with Crippen LogP contribution in [-0.4, -0.2) is 49.6 Å². The fourth-order valence-electron chi connectivity index (χ4n) is 2.30. The van der Waals surface area contributed by atoms with Gasteiger partial charge in [0.15, 0.2) is 6.10 Å². The highest BCUT2D eigenvalue weighted by molar-refractivity contribution is 5.67. The Bertz CT molecular complexity index is 328. The zero-order valence-electron chi connectivity index (χ0n) is 10.0. The van der Waals surface area contributed by atoms with E-state index in [0.29, 0.717) is 6.42 Å². The summed E-state index contributed by atoms with van der Waals surface area (Å²) in [5.41, 5.74) is 0. The maximum absolute atomic E-state index is 11.0. The van der Waals surface area contributed by atoms with Crippen LogP contribution in [0.15, 0.2) is 0 Å². The first-order valence-electron chi connectivity index (χ1n) is 5.55. The van der Waals surface area contributed by atoms with Crippen molar-refractivity contribution in [3.8, 4) is 0 Å². The highest BCUT2D eigenvalue weighted by Crippen LogP contribution is 2.41. The Labute approximate surface area is 99.2 Å². The van der Waals surface area contributed by atoms with Crippen molar-refractivity contribution in [1.29, 1.82) is 0 Å². The highest BCUT2D eigenvalue weighted by Gasteiger charge is 2.59. The van der Waals surface area contributed by atoms with Gasteiger partial charge in [0.1, 0.15) is 18.3 Å². The van der Waals surface area contributed by atoms with Crippen molar-refractivity contribution in [3.05, 3.63) is 0 Å². The maximum Gasteiger partial charge on any atom is 0.303 e. The minimum atomic E-state index is -0.521. The summed E-state index contributed by atoms with van der Waals surface area (Å²) in [6.45, 7) is 2.65. The lowest BCUT2D eigenvalue weighted by Crippen LogP contribution is -2.47. The molecule has 1 heterocycles. The zero-order valence-corrected chi connectivity index (χ0v) is 10.0. The molecule has 2 fully saturated rings. The molecular formula is C11H16O6. The normalized spacial score (nSPS) is 39.1. The second-order valence-corrected chi connectivity index (χ2v) is 4.30. The second kappa shape index (κ2) is 4.62. The average molecular weight is 244 g/mol. The molecule has 1 saturated carbocycles. The number of rotatable bonds is 3. The van der Waals surface area contributed by atoms with Crippen LogP contribution in [0.5, 0.6) is 0 Å². The van der Waals surface area contributed by atoms with Crippen molar-refractivity contribution in [3.63, 3.8) is 0 Å². The van der Waals surface area contributed by atoms with Gasteiger partial charge in [-0.15, -0.1) is 0 Å². The van der Waals surface area contributed by atoms with Gasteiger partial charge < -0.3 is 18.9 Å². The van der Waals surface area contributed by atoms with Crippen molar-refractivity contribution in [2.75, 3.05) is 7.11 Å². The van der Waals surface area contributed by atoms with E-state index in [2.05, 4.69) is 0 Å². The molecule has 0 spiro atoms. The van der Waals surface area contributed by atoms with E-state index < -0.39 is 24.1 Å². The molecule has 0 aromatic carbocycles. The van der Waals surface area contributed by atoms with Gasteiger partial charge >= 0.3 is 11.9 Å². The summed E-state index contributed by atoms with van der Waals surface area (Å²) in [5.74, 6) is -0.807. The Morgan fingerprint density at radius 3 is 2.24 bits per heavy atom. The van der Waals surface area contributed by atoms with Crippen LogP contribution >= 0.6 is 0 Å². The number of methoxy groups -OCH3 is 1. The van der Waals surface area contributed by atoms with Crippen LogP contribution < -0.4 is 0 Å². The Balaban J connectivity index is 2.06. The molecule has 0 amide bonds. The number of hydrogen-bond acceptors (Lipinski definition) is 6. The van der Waals surface area contributed by atoms with Crippen LogP contribution in [0.25, 0.3) is 0 Å². The Kier molecular flexibility index (Phi) is 3.35. The molecule has 96 valence electrons. The van der Waals surface area contributed by atoms with Gasteiger partial charge in [-0.05, 0) is 0 Å². The second-order valence-electron chi connectivity index (χ2n) is 4.30. The van der Waals surface area contributed by atoms with Crippen molar-refractivity contribution in [2.24, 2.45) is 0 Å². The minimum absolute atomic E-state index is 0.0591. The number of epoxide rings is 1. The van der Waals surface area contributed by atoms with Crippen LogP contribution in [0.3, 0.4) is 0 Å².